The van der Waals surface area contributed by atoms with Crippen molar-refractivity contribution in [2.45, 2.75) is 53.1 Å². The van der Waals surface area contributed by atoms with Gasteiger partial charge in [-0.25, -0.2) is 0 Å². The molecule has 102 valence electrons. The smallest absolute Gasteiger partial charge is 0.0368 e. The zero-order valence-corrected chi connectivity index (χ0v) is 12.5. The lowest BCUT2D eigenvalue weighted by Crippen LogP contribution is -2.32. The third-order valence-corrected chi connectivity index (χ3v) is 3.70. The van der Waals surface area contributed by atoms with E-state index in [1.807, 2.05) is 0 Å². The average molecular weight is 248 g/mol. The fraction of sp³-hybridized carbons (Fsp3) is 0.625. The summed E-state index contributed by atoms with van der Waals surface area (Å²) in [4.78, 5) is 2.46. The molecule has 0 aromatic heterocycles. The molecule has 2 atom stereocenters. The third kappa shape index (κ3) is 3.74. The van der Waals surface area contributed by atoms with E-state index in [2.05, 4.69) is 69.1 Å². The van der Waals surface area contributed by atoms with Crippen molar-refractivity contribution in [1.29, 1.82) is 0 Å². The van der Waals surface area contributed by atoms with E-state index < -0.39 is 0 Å². The van der Waals surface area contributed by atoms with Gasteiger partial charge in [-0.3, -0.25) is 0 Å². The van der Waals surface area contributed by atoms with E-state index in [0.29, 0.717) is 12.1 Å². The van der Waals surface area contributed by atoms with Gasteiger partial charge < -0.3 is 10.2 Å². The van der Waals surface area contributed by atoms with Crippen molar-refractivity contribution in [2.24, 2.45) is 0 Å². The van der Waals surface area contributed by atoms with E-state index in [0.717, 1.165) is 13.1 Å². The molecular weight excluding hydrogens is 220 g/mol. The largest absolute Gasteiger partial charge is 0.369 e. The Hall–Kier alpha value is -1.02. The van der Waals surface area contributed by atoms with Crippen LogP contribution < -0.4 is 10.2 Å². The topological polar surface area (TPSA) is 15.3 Å². The van der Waals surface area contributed by atoms with Crippen LogP contribution in [0.3, 0.4) is 0 Å². The highest BCUT2D eigenvalue weighted by atomic mass is 15.1. The molecule has 0 aliphatic rings. The molecule has 0 spiro atoms. The van der Waals surface area contributed by atoms with E-state index in [9.17, 15) is 0 Å². The Morgan fingerprint density at radius 2 is 1.67 bits per heavy atom. The average Bonchev–Trinajstić information content (AvgIpc) is 2.40. The first-order valence-corrected chi connectivity index (χ1v) is 7.23. The number of benzene rings is 1. The van der Waals surface area contributed by atoms with E-state index >= 15 is 0 Å². The monoisotopic (exact) mass is 248 g/mol. The van der Waals surface area contributed by atoms with Crippen LogP contribution in [0.25, 0.3) is 0 Å². The second-order valence-corrected chi connectivity index (χ2v) is 4.91. The minimum absolute atomic E-state index is 0.433. The van der Waals surface area contributed by atoms with E-state index in [1.54, 1.807) is 0 Å². The summed E-state index contributed by atoms with van der Waals surface area (Å²) >= 11 is 0. The van der Waals surface area contributed by atoms with Crippen molar-refractivity contribution < 1.29 is 0 Å². The SMILES string of the molecule is CCNC(C)c1ccc(N(CC)C(C)CC)cc1. The summed E-state index contributed by atoms with van der Waals surface area (Å²) in [6.45, 7) is 13.2. The predicted molar refractivity (Wildman–Crippen MR) is 81.3 cm³/mol. The maximum Gasteiger partial charge on any atom is 0.0368 e. The van der Waals surface area contributed by atoms with Gasteiger partial charge in [0.2, 0.25) is 0 Å². The van der Waals surface area contributed by atoms with Gasteiger partial charge in [0.15, 0.2) is 0 Å². The van der Waals surface area contributed by atoms with Crippen LogP contribution in [-0.2, 0) is 0 Å². The maximum atomic E-state index is 3.44. The molecule has 0 heterocycles. The van der Waals surface area contributed by atoms with Crippen molar-refractivity contribution in [3.63, 3.8) is 0 Å². The van der Waals surface area contributed by atoms with Crippen LogP contribution in [0.5, 0.6) is 0 Å². The highest BCUT2D eigenvalue weighted by Crippen LogP contribution is 2.21. The minimum atomic E-state index is 0.433. The van der Waals surface area contributed by atoms with Gasteiger partial charge in [0.05, 0.1) is 0 Å². The number of hydrogen-bond donors (Lipinski definition) is 1. The van der Waals surface area contributed by atoms with Gasteiger partial charge in [0, 0.05) is 24.3 Å². The number of hydrogen-bond acceptors (Lipinski definition) is 2. The zero-order valence-electron chi connectivity index (χ0n) is 12.5. The molecular formula is C16H28N2. The van der Waals surface area contributed by atoms with Crippen LogP contribution in [0.1, 0.15) is 52.6 Å². The van der Waals surface area contributed by atoms with Gasteiger partial charge in [-0.1, -0.05) is 26.0 Å². The van der Waals surface area contributed by atoms with Gasteiger partial charge in [-0.2, -0.15) is 0 Å². The summed E-state index contributed by atoms with van der Waals surface area (Å²) in [5.74, 6) is 0. The van der Waals surface area contributed by atoms with Crippen LogP contribution >= 0.6 is 0 Å². The lowest BCUT2D eigenvalue weighted by atomic mass is 10.1. The van der Waals surface area contributed by atoms with Gasteiger partial charge in [0.25, 0.3) is 0 Å². The summed E-state index contributed by atoms with van der Waals surface area (Å²) < 4.78 is 0. The van der Waals surface area contributed by atoms with E-state index in [1.165, 1.54) is 17.7 Å². The lowest BCUT2D eigenvalue weighted by molar-refractivity contribution is 0.597. The first kappa shape index (κ1) is 15.0. The number of nitrogens with zero attached hydrogens (tertiary/aromatic N) is 1. The van der Waals surface area contributed by atoms with E-state index in [4.69, 9.17) is 0 Å². The molecule has 1 N–H and O–H groups in total. The molecule has 2 nitrogen and oxygen atoms in total. The Morgan fingerprint density at radius 1 is 1.06 bits per heavy atom. The number of nitrogens with one attached hydrogen (secondary N) is 1. The number of rotatable bonds is 7. The summed E-state index contributed by atoms with van der Waals surface area (Å²) in [6, 6.07) is 10.0. The maximum absolute atomic E-state index is 3.44. The van der Waals surface area contributed by atoms with Crippen molar-refractivity contribution in [3.8, 4) is 0 Å². The zero-order chi connectivity index (χ0) is 13.5. The van der Waals surface area contributed by atoms with Crippen molar-refractivity contribution >= 4 is 5.69 Å². The molecule has 0 amide bonds. The van der Waals surface area contributed by atoms with E-state index in [-0.39, 0.29) is 0 Å². The molecule has 18 heavy (non-hydrogen) atoms. The van der Waals surface area contributed by atoms with Crippen LogP contribution in [-0.4, -0.2) is 19.1 Å². The molecule has 2 heteroatoms. The molecule has 1 aromatic rings. The Bertz CT molecular complexity index is 331. The summed E-state index contributed by atoms with van der Waals surface area (Å²) in [5, 5.41) is 3.44. The Kier molecular flexibility index (Phi) is 6.20. The highest BCUT2D eigenvalue weighted by Gasteiger charge is 2.11. The van der Waals surface area contributed by atoms with Gasteiger partial charge in [0.1, 0.15) is 0 Å². The van der Waals surface area contributed by atoms with Crippen molar-refractivity contribution in [3.05, 3.63) is 29.8 Å². The fourth-order valence-electron chi connectivity index (χ4n) is 2.35. The Balaban J connectivity index is 2.80. The normalized spacial score (nSPS) is 14.3. The molecule has 1 aromatic carbocycles. The van der Waals surface area contributed by atoms with Gasteiger partial charge >= 0.3 is 0 Å². The number of anilines is 1. The Labute approximate surface area is 112 Å². The molecule has 0 aliphatic heterocycles. The third-order valence-electron chi connectivity index (χ3n) is 3.70. The molecule has 2 unspecified atom stereocenters. The quantitative estimate of drug-likeness (QED) is 0.785. The highest BCUT2D eigenvalue weighted by molar-refractivity contribution is 5.48. The van der Waals surface area contributed by atoms with Crippen LogP contribution in [0.15, 0.2) is 24.3 Å². The summed E-state index contributed by atoms with van der Waals surface area (Å²) in [7, 11) is 0. The molecule has 0 saturated heterocycles. The first-order valence-electron chi connectivity index (χ1n) is 7.23. The standard InChI is InChI=1S/C16H28N2/c1-6-13(4)18(8-3)16-11-9-15(10-12-16)14(5)17-7-2/h9-14,17H,6-8H2,1-5H3. The van der Waals surface area contributed by atoms with Crippen LogP contribution in [0.2, 0.25) is 0 Å². The van der Waals surface area contributed by atoms with Gasteiger partial charge in [-0.15, -0.1) is 0 Å². The van der Waals surface area contributed by atoms with Crippen LogP contribution in [0, 0.1) is 0 Å². The Morgan fingerprint density at radius 3 is 2.11 bits per heavy atom. The second-order valence-electron chi connectivity index (χ2n) is 4.91. The second kappa shape index (κ2) is 7.42. The van der Waals surface area contributed by atoms with Crippen molar-refractivity contribution in [1.82, 2.24) is 5.32 Å². The minimum Gasteiger partial charge on any atom is -0.369 e. The molecule has 0 saturated carbocycles. The molecule has 0 radical (unpaired) electrons. The lowest BCUT2D eigenvalue weighted by Gasteiger charge is -2.29. The summed E-state index contributed by atoms with van der Waals surface area (Å²) in [6.07, 6.45) is 1.18. The fourth-order valence-corrected chi connectivity index (χ4v) is 2.35. The predicted octanol–water partition coefficient (Wildman–Crippen LogP) is 3.98. The molecule has 0 bridgehead atoms. The summed E-state index contributed by atoms with van der Waals surface area (Å²) in [5.41, 5.74) is 2.69. The van der Waals surface area contributed by atoms with Crippen molar-refractivity contribution in [2.75, 3.05) is 18.0 Å². The first-order chi connectivity index (χ1) is 8.63. The van der Waals surface area contributed by atoms with Crippen LogP contribution in [0.4, 0.5) is 5.69 Å². The van der Waals surface area contributed by atoms with Gasteiger partial charge in [-0.05, 0) is 51.4 Å². The molecule has 1 rings (SSSR count). The molecule has 0 fully saturated rings. The molecule has 0 aliphatic carbocycles.